The Kier molecular flexibility index (Phi) is 7.46. The fraction of sp³-hybridized carbons (Fsp3) is 0.208. The smallest absolute Gasteiger partial charge is 0.274 e. The molecule has 1 aliphatic rings. The SMILES string of the molecule is CN(Cc1ccccc1)C(=O)c1cn2c(c(O)c1=O)C(=O)N(Cc1cccc(Cl)c1)CC2.Cl. The second-order valence-electron chi connectivity index (χ2n) is 7.77. The van der Waals surface area contributed by atoms with Crippen LogP contribution in [0.25, 0.3) is 0 Å². The number of carbonyl (C=O) groups excluding carboxylic acids is 2. The van der Waals surface area contributed by atoms with Crippen LogP contribution in [0.4, 0.5) is 0 Å². The number of carbonyl (C=O) groups is 2. The molecule has 0 fully saturated rings. The highest BCUT2D eigenvalue weighted by atomic mass is 35.5. The van der Waals surface area contributed by atoms with Crippen molar-refractivity contribution in [2.75, 3.05) is 13.6 Å². The number of rotatable bonds is 5. The van der Waals surface area contributed by atoms with Crippen LogP contribution in [0.1, 0.15) is 32.0 Å². The number of benzene rings is 2. The Balaban J connectivity index is 0.00000306. The van der Waals surface area contributed by atoms with E-state index in [0.717, 1.165) is 11.1 Å². The molecule has 172 valence electrons. The normalized spacial score (nSPS) is 12.7. The number of hydrogen-bond acceptors (Lipinski definition) is 4. The number of hydrogen-bond donors (Lipinski definition) is 1. The van der Waals surface area contributed by atoms with Crippen molar-refractivity contribution in [1.82, 2.24) is 14.4 Å². The minimum Gasteiger partial charge on any atom is -0.503 e. The van der Waals surface area contributed by atoms with Gasteiger partial charge in [0.1, 0.15) is 5.56 Å². The van der Waals surface area contributed by atoms with Gasteiger partial charge >= 0.3 is 0 Å². The fourth-order valence-electron chi connectivity index (χ4n) is 3.82. The Bertz CT molecular complexity index is 1240. The predicted octanol–water partition coefficient (Wildman–Crippen LogP) is 3.56. The topological polar surface area (TPSA) is 82.8 Å². The molecular weight excluding hydrogens is 465 g/mol. The lowest BCUT2D eigenvalue weighted by molar-refractivity contribution is 0.0678. The van der Waals surface area contributed by atoms with Gasteiger partial charge in [0.15, 0.2) is 11.4 Å². The van der Waals surface area contributed by atoms with Crippen LogP contribution in [-0.2, 0) is 19.6 Å². The first-order valence-corrected chi connectivity index (χ1v) is 10.5. The Hall–Kier alpha value is -3.29. The second kappa shape index (κ2) is 10.1. The van der Waals surface area contributed by atoms with Crippen LogP contribution in [0.3, 0.4) is 0 Å². The third-order valence-corrected chi connectivity index (χ3v) is 5.69. The van der Waals surface area contributed by atoms with Crippen LogP contribution < -0.4 is 5.43 Å². The maximum atomic E-state index is 13.0. The average molecular weight is 488 g/mol. The number of fused-ring (bicyclic) bond motifs is 1. The van der Waals surface area contributed by atoms with E-state index >= 15 is 0 Å². The third-order valence-electron chi connectivity index (χ3n) is 5.46. The molecule has 0 unspecified atom stereocenters. The Labute approximate surface area is 202 Å². The molecule has 0 spiro atoms. The summed E-state index contributed by atoms with van der Waals surface area (Å²) in [4.78, 5) is 41.7. The summed E-state index contributed by atoms with van der Waals surface area (Å²) in [6.07, 6.45) is 1.37. The van der Waals surface area contributed by atoms with E-state index in [1.807, 2.05) is 36.4 Å². The van der Waals surface area contributed by atoms with Crippen molar-refractivity contribution < 1.29 is 14.7 Å². The summed E-state index contributed by atoms with van der Waals surface area (Å²) < 4.78 is 1.48. The molecule has 9 heteroatoms. The number of aromatic nitrogens is 1. The third kappa shape index (κ3) is 5.05. The molecule has 0 radical (unpaired) electrons. The molecule has 33 heavy (non-hydrogen) atoms. The molecule has 0 bridgehead atoms. The number of nitrogens with zero attached hydrogens (tertiary/aromatic N) is 3. The number of aromatic hydroxyl groups is 1. The van der Waals surface area contributed by atoms with E-state index in [-0.39, 0.29) is 23.7 Å². The zero-order valence-corrected chi connectivity index (χ0v) is 19.5. The van der Waals surface area contributed by atoms with Gasteiger partial charge in [-0.3, -0.25) is 14.4 Å². The van der Waals surface area contributed by atoms with Gasteiger partial charge in [0.05, 0.1) is 0 Å². The maximum absolute atomic E-state index is 13.0. The molecule has 1 N–H and O–H groups in total. The van der Waals surface area contributed by atoms with Gasteiger partial charge in [-0.25, -0.2) is 0 Å². The summed E-state index contributed by atoms with van der Waals surface area (Å²) in [5.41, 5.74) is 0.637. The molecule has 4 rings (SSSR count). The maximum Gasteiger partial charge on any atom is 0.274 e. The lowest BCUT2D eigenvalue weighted by Crippen LogP contribution is -2.42. The van der Waals surface area contributed by atoms with Crippen LogP contribution in [0, 0.1) is 0 Å². The van der Waals surface area contributed by atoms with E-state index in [9.17, 15) is 19.5 Å². The van der Waals surface area contributed by atoms with Crippen molar-refractivity contribution in [3.8, 4) is 5.75 Å². The first-order chi connectivity index (χ1) is 15.3. The lowest BCUT2D eigenvalue weighted by Gasteiger charge is -2.31. The van der Waals surface area contributed by atoms with Gasteiger partial charge in [0.2, 0.25) is 5.43 Å². The second-order valence-corrected chi connectivity index (χ2v) is 8.20. The van der Waals surface area contributed by atoms with Gasteiger partial charge in [-0.1, -0.05) is 54.1 Å². The van der Waals surface area contributed by atoms with Crippen LogP contribution in [0.2, 0.25) is 5.02 Å². The molecule has 0 saturated heterocycles. The highest BCUT2D eigenvalue weighted by molar-refractivity contribution is 6.30. The molecule has 0 aliphatic carbocycles. The van der Waals surface area contributed by atoms with E-state index in [4.69, 9.17) is 11.6 Å². The van der Waals surface area contributed by atoms with Gasteiger partial charge in [0, 0.05) is 44.4 Å². The zero-order valence-electron chi connectivity index (χ0n) is 17.9. The van der Waals surface area contributed by atoms with E-state index in [2.05, 4.69) is 0 Å². The summed E-state index contributed by atoms with van der Waals surface area (Å²) in [7, 11) is 1.59. The van der Waals surface area contributed by atoms with Crippen LogP contribution in [0.15, 0.2) is 65.6 Å². The van der Waals surface area contributed by atoms with Crippen molar-refractivity contribution >= 4 is 35.8 Å². The molecule has 3 aromatic rings. The summed E-state index contributed by atoms with van der Waals surface area (Å²) in [6.45, 7) is 1.33. The van der Waals surface area contributed by atoms with Crippen molar-refractivity contribution in [2.24, 2.45) is 0 Å². The first-order valence-electron chi connectivity index (χ1n) is 10.1. The molecule has 1 aliphatic heterocycles. The number of pyridine rings is 1. The van der Waals surface area contributed by atoms with Gasteiger partial charge in [-0.05, 0) is 23.3 Å². The van der Waals surface area contributed by atoms with E-state index in [0.29, 0.717) is 31.2 Å². The summed E-state index contributed by atoms with van der Waals surface area (Å²) in [6, 6.07) is 16.5. The molecule has 0 atom stereocenters. The number of amides is 2. The van der Waals surface area contributed by atoms with Crippen molar-refractivity contribution in [3.05, 3.63) is 98.4 Å². The molecular formula is C24H23Cl2N3O4. The summed E-state index contributed by atoms with van der Waals surface area (Å²) in [5.74, 6) is -1.69. The standard InChI is InChI=1S/C24H22ClN3O4.ClH/c1-26(13-16-6-3-2-4-7-16)23(31)19-15-27-10-11-28(14-17-8-5-9-18(25)12-17)24(32)20(27)22(30)21(19)29;/h2-9,12,15,30H,10-11,13-14H2,1H3;1H. The van der Waals surface area contributed by atoms with Gasteiger partial charge in [-0.2, -0.15) is 0 Å². The summed E-state index contributed by atoms with van der Waals surface area (Å²) in [5, 5.41) is 11.1. The predicted molar refractivity (Wildman–Crippen MR) is 128 cm³/mol. The highest BCUT2D eigenvalue weighted by Gasteiger charge is 2.31. The monoisotopic (exact) mass is 487 g/mol. The quantitative estimate of drug-likeness (QED) is 0.596. The Morgan fingerprint density at radius 3 is 2.45 bits per heavy atom. The van der Waals surface area contributed by atoms with Crippen LogP contribution in [-0.4, -0.2) is 44.9 Å². The zero-order chi connectivity index (χ0) is 22.8. The highest BCUT2D eigenvalue weighted by Crippen LogP contribution is 2.23. The molecule has 2 amide bonds. The molecule has 7 nitrogen and oxygen atoms in total. The van der Waals surface area contributed by atoms with E-state index < -0.39 is 23.0 Å². The minimum atomic E-state index is -0.848. The van der Waals surface area contributed by atoms with Crippen LogP contribution in [0.5, 0.6) is 5.75 Å². The van der Waals surface area contributed by atoms with Gasteiger partial charge < -0.3 is 19.5 Å². The average Bonchev–Trinajstić information content (AvgIpc) is 2.78. The summed E-state index contributed by atoms with van der Waals surface area (Å²) >= 11 is 6.02. The molecule has 0 saturated carbocycles. The van der Waals surface area contributed by atoms with Crippen molar-refractivity contribution in [1.29, 1.82) is 0 Å². The number of halogens is 2. The Morgan fingerprint density at radius 1 is 1.06 bits per heavy atom. The van der Waals surface area contributed by atoms with E-state index in [1.165, 1.54) is 15.7 Å². The van der Waals surface area contributed by atoms with Crippen LogP contribution >= 0.6 is 24.0 Å². The van der Waals surface area contributed by atoms with Crippen molar-refractivity contribution in [2.45, 2.75) is 19.6 Å². The van der Waals surface area contributed by atoms with Gasteiger partial charge in [0.25, 0.3) is 11.8 Å². The lowest BCUT2D eigenvalue weighted by atomic mass is 10.1. The molecule has 2 heterocycles. The minimum absolute atomic E-state index is 0. The molecule has 2 aromatic carbocycles. The Morgan fingerprint density at radius 2 is 1.76 bits per heavy atom. The van der Waals surface area contributed by atoms with Gasteiger partial charge in [-0.15, -0.1) is 12.4 Å². The van der Waals surface area contributed by atoms with Crippen molar-refractivity contribution in [3.63, 3.8) is 0 Å². The van der Waals surface area contributed by atoms with E-state index in [1.54, 1.807) is 30.1 Å². The first kappa shape index (κ1) is 24.4. The fourth-order valence-corrected chi connectivity index (χ4v) is 4.04. The largest absolute Gasteiger partial charge is 0.503 e. The molecule has 1 aromatic heterocycles.